The van der Waals surface area contributed by atoms with Gasteiger partial charge in [-0.15, -0.1) is 13.2 Å². The molecule has 8 heteroatoms. The van der Waals surface area contributed by atoms with Gasteiger partial charge in [0.2, 0.25) is 0 Å². The first-order valence-corrected chi connectivity index (χ1v) is 8.26. The van der Waals surface area contributed by atoms with Gasteiger partial charge in [0.1, 0.15) is 11.3 Å². The number of hydrogen-bond acceptors (Lipinski definition) is 4. The lowest BCUT2D eigenvalue weighted by Crippen LogP contribution is -2.18. The van der Waals surface area contributed by atoms with Gasteiger partial charge in [-0.3, -0.25) is 0 Å². The highest BCUT2D eigenvalue weighted by molar-refractivity contribution is 5.96. The predicted molar refractivity (Wildman–Crippen MR) is 92.7 cm³/mol. The third-order valence-electron chi connectivity index (χ3n) is 3.93. The Balaban J connectivity index is 2.16. The quantitative estimate of drug-likeness (QED) is 0.615. The molecular weight excluding hydrogens is 361 g/mol. The summed E-state index contributed by atoms with van der Waals surface area (Å²) in [7, 11) is 0. The Bertz CT molecular complexity index is 966. The standard InChI is InChI=1S/C19H17F3N2O3/c1-3-26-18(25)14-9-15-17(16(10-14)27-19(20,21)22)23-12(2)24(15)11-13-7-5-4-6-8-13/h4-10H,3,11H2,1-2H3. The number of benzene rings is 2. The average Bonchev–Trinajstić information content (AvgIpc) is 2.91. The molecule has 0 saturated carbocycles. The first-order valence-electron chi connectivity index (χ1n) is 8.26. The van der Waals surface area contributed by atoms with Crippen molar-refractivity contribution in [2.75, 3.05) is 6.61 Å². The second-order valence-corrected chi connectivity index (χ2v) is 5.84. The largest absolute Gasteiger partial charge is 0.573 e. The molecule has 0 unspecified atom stereocenters. The zero-order valence-electron chi connectivity index (χ0n) is 14.7. The van der Waals surface area contributed by atoms with E-state index in [1.807, 2.05) is 30.3 Å². The van der Waals surface area contributed by atoms with Crippen LogP contribution in [0, 0.1) is 6.92 Å². The molecule has 3 aromatic rings. The highest BCUT2D eigenvalue weighted by Gasteiger charge is 2.33. The number of aromatic nitrogens is 2. The topological polar surface area (TPSA) is 53.4 Å². The number of hydrogen-bond donors (Lipinski definition) is 0. The third-order valence-corrected chi connectivity index (χ3v) is 3.93. The molecule has 5 nitrogen and oxygen atoms in total. The van der Waals surface area contributed by atoms with E-state index in [0.29, 0.717) is 17.9 Å². The molecule has 3 rings (SSSR count). The number of alkyl halides is 3. The van der Waals surface area contributed by atoms with Gasteiger partial charge in [0, 0.05) is 6.54 Å². The van der Waals surface area contributed by atoms with Crippen LogP contribution in [0.5, 0.6) is 5.75 Å². The van der Waals surface area contributed by atoms with Gasteiger partial charge in [-0.05, 0) is 31.5 Å². The van der Waals surface area contributed by atoms with Crippen LogP contribution in [0.2, 0.25) is 0 Å². The van der Waals surface area contributed by atoms with Crippen molar-refractivity contribution < 1.29 is 27.4 Å². The van der Waals surface area contributed by atoms with E-state index >= 15 is 0 Å². The summed E-state index contributed by atoms with van der Waals surface area (Å²) in [6, 6.07) is 11.9. The molecule has 0 aliphatic carbocycles. The van der Waals surface area contributed by atoms with Gasteiger partial charge in [0.15, 0.2) is 5.75 Å². The zero-order valence-corrected chi connectivity index (χ0v) is 14.7. The van der Waals surface area contributed by atoms with Crippen LogP contribution in [0.15, 0.2) is 42.5 Å². The van der Waals surface area contributed by atoms with Crippen LogP contribution in [0.3, 0.4) is 0 Å². The molecule has 1 aromatic heterocycles. The number of nitrogens with zero attached hydrogens (tertiary/aromatic N) is 2. The van der Waals surface area contributed by atoms with Gasteiger partial charge >= 0.3 is 12.3 Å². The van der Waals surface area contributed by atoms with Gasteiger partial charge in [-0.1, -0.05) is 30.3 Å². The fourth-order valence-electron chi connectivity index (χ4n) is 2.81. The molecule has 142 valence electrons. The number of esters is 1. The van der Waals surface area contributed by atoms with E-state index in [-0.39, 0.29) is 17.7 Å². The van der Waals surface area contributed by atoms with E-state index in [1.165, 1.54) is 6.07 Å². The van der Waals surface area contributed by atoms with Crippen molar-refractivity contribution >= 4 is 17.0 Å². The number of fused-ring (bicyclic) bond motifs is 1. The van der Waals surface area contributed by atoms with Crippen LogP contribution in [0.25, 0.3) is 11.0 Å². The lowest BCUT2D eigenvalue weighted by molar-refractivity contribution is -0.274. The summed E-state index contributed by atoms with van der Waals surface area (Å²) in [5, 5.41) is 0. The molecule has 0 aliphatic rings. The van der Waals surface area contributed by atoms with Crippen molar-refractivity contribution in [2.24, 2.45) is 0 Å². The van der Waals surface area contributed by atoms with Gasteiger partial charge in [0.05, 0.1) is 17.7 Å². The van der Waals surface area contributed by atoms with Crippen LogP contribution in [0.1, 0.15) is 28.7 Å². The van der Waals surface area contributed by atoms with Gasteiger partial charge in [0.25, 0.3) is 0 Å². The molecule has 0 amide bonds. The van der Waals surface area contributed by atoms with Crippen molar-refractivity contribution in [3.05, 3.63) is 59.4 Å². The van der Waals surface area contributed by atoms with Gasteiger partial charge < -0.3 is 14.0 Å². The third kappa shape index (κ3) is 4.21. The van der Waals surface area contributed by atoms with E-state index in [0.717, 1.165) is 11.6 Å². The maximum absolute atomic E-state index is 12.8. The van der Waals surface area contributed by atoms with E-state index in [1.54, 1.807) is 18.4 Å². The smallest absolute Gasteiger partial charge is 0.462 e. The fourth-order valence-corrected chi connectivity index (χ4v) is 2.81. The molecule has 27 heavy (non-hydrogen) atoms. The van der Waals surface area contributed by atoms with Crippen molar-refractivity contribution in [3.8, 4) is 5.75 Å². The normalized spacial score (nSPS) is 11.6. The van der Waals surface area contributed by atoms with Crippen LogP contribution in [-0.2, 0) is 11.3 Å². The van der Waals surface area contributed by atoms with Crippen molar-refractivity contribution in [1.29, 1.82) is 0 Å². The van der Waals surface area contributed by atoms with Crippen LogP contribution in [-0.4, -0.2) is 28.5 Å². The Morgan fingerprint density at radius 2 is 1.89 bits per heavy atom. The van der Waals surface area contributed by atoms with Crippen LogP contribution >= 0.6 is 0 Å². The van der Waals surface area contributed by atoms with E-state index in [9.17, 15) is 18.0 Å². The first kappa shape index (κ1) is 18.8. The zero-order chi connectivity index (χ0) is 19.6. The maximum atomic E-state index is 12.8. The van der Waals surface area contributed by atoms with Gasteiger partial charge in [-0.25, -0.2) is 9.78 Å². The molecule has 0 aliphatic heterocycles. The van der Waals surface area contributed by atoms with E-state index in [4.69, 9.17) is 4.74 Å². The second kappa shape index (κ2) is 7.30. The van der Waals surface area contributed by atoms with Crippen LogP contribution < -0.4 is 4.74 Å². The highest BCUT2D eigenvalue weighted by Crippen LogP contribution is 2.33. The SMILES string of the molecule is CCOC(=O)c1cc(OC(F)(F)F)c2nc(C)n(Cc3ccccc3)c2c1. The maximum Gasteiger partial charge on any atom is 0.573 e. The van der Waals surface area contributed by atoms with Crippen molar-refractivity contribution in [3.63, 3.8) is 0 Å². The summed E-state index contributed by atoms with van der Waals surface area (Å²) in [5.41, 5.74) is 1.31. The summed E-state index contributed by atoms with van der Waals surface area (Å²) in [6.45, 7) is 3.80. The molecule has 0 saturated heterocycles. The summed E-state index contributed by atoms with van der Waals surface area (Å²) >= 11 is 0. The molecule has 0 radical (unpaired) electrons. The minimum absolute atomic E-state index is 0.0298. The minimum atomic E-state index is -4.91. The number of halogens is 3. The number of ether oxygens (including phenoxy) is 2. The minimum Gasteiger partial charge on any atom is -0.462 e. The molecule has 0 fully saturated rings. The summed E-state index contributed by atoms with van der Waals surface area (Å²) in [4.78, 5) is 16.3. The van der Waals surface area contributed by atoms with Gasteiger partial charge in [-0.2, -0.15) is 0 Å². The fraction of sp³-hybridized carbons (Fsp3) is 0.263. The Labute approximate surface area is 153 Å². The molecule has 1 heterocycles. The van der Waals surface area contributed by atoms with Crippen molar-refractivity contribution in [1.82, 2.24) is 9.55 Å². The van der Waals surface area contributed by atoms with E-state index < -0.39 is 18.1 Å². The Kier molecular flexibility index (Phi) is 5.07. The lowest BCUT2D eigenvalue weighted by atomic mass is 10.1. The summed E-state index contributed by atoms with van der Waals surface area (Å²) < 4.78 is 49.3. The highest BCUT2D eigenvalue weighted by atomic mass is 19.4. The van der Waals surface area contributed by atoms with E-state index in [2.05, 4.69) is 9.72 Å². The molecular formula is C19H17F3N2O3. The number of carbonyl (C=O) groups excluding carboxylic acids is 1. The molecule has 0 atom stereocenters. The molecule has 0 bridgehead atoms. The Hall–Kier alpha value is -3.03. The first-order chi connectivity index (χ1) is 12.8. The number of rotatable bonds is 5. The molecule has 0 spiro atoms. The summed E-state index contributed by atoms with van der Waals surface area (Å²) in [5.74, 6) is -0.753. The second-order valence-electron chi connectivity index (χ2n) is 5.84. The number of aryl methyl sites for hydroxylation is 1. The molecule has 2 aromatic carbocycles. The predicted octanol–water partition coefficient (Wildman–Crippen LogP) is 4.47. The Morgan fingerprint density at radius 3 is 2.52 bits per heavy atom. The number of imidazole rings is 1. The lowest BCUT2D eigenvalue weighted by Gasteiger charge is -2.12. The van der Waals surface area contributed by atoms with Crippen molar-refractivity contribution in [2.45, 2.75) is 26.8 Å². The monoisotopic (exact) mass is 378 g/mol. The molecule has 0 N–H and O–H groups in total. The Morgan fingerprint density at radius 1 is 1.19 bits per heavy atom. The van der Waals surface area contributed by atoms with Crippen LogP contribution in [0.4, 0.5) is 13.2 Å². The summed E-state index contributed by atoms with van der Waals surface area (Å²) in [6.07, 6.45) is -4.91. The average molecular weight is 378 g/mol. The number of carbonyl (C=O) groups is 1.